The van der Waals surface area contributed by atoms with Crippen molar-refractivity contribution in [3.05, 3.63) is 93.9 Å². The molecule has 1 fully saturated rings. The predicted octanol–water partition coefficient (Wildman–Crippen LogP) is 3.72. The molecule has 0 unspecified atom stereocenters. The number of benzene rings is 2. The van der Waals surface area contributed by atoms with Gasteiger partial charge in [0.1, 0.15) is 5.69 Å². The van der Waals surface area contributed by atoms with Crippen LogP contribution in [0.5, 0.6) is 0 Å². The summed E-state index contributed by atoms with van der Waals surface area (Å²) in [6.45, 7) is 5.57. The molecule has 1 saturated heterocycles. The number of hydrogen-bond acceptors (Lipinski definition) is 4. The first-order chi connectivity index (χ1) is 15.3. The molecule has 0 atom stereocenters. The van der Waals surface area contributed by atoms with E-state index in [0.29, 0.717) is 5.92 Å². The van der Waals surface area contributed by atoms with Crippen molar-refractivity contribution in [3.63, 3.8) is 0 Å². The van der Waals surface area contributed by atoms with E-state index in [4.69, 9.17) is 0 Å². The molecular weight excluding hydrogens is 384 g/mol. The van der Waals surface area contributed by atoms with Crippen molar-refractivity contribution in [3.8, 4) is 0 Å². The molecule has 5 nitrogen and oxygen atoms in total. The number of piperidine rings is 1. The van der Waals surface area contributed by atoms with Crippen molar-refractivity contribution in [2.45, 2.75) is 38.9 Å². The number of hydrogen-bond donors (Lipinski definition) is 0. The molecule has 0 N–H and O–H groups in total. The van der Waals surface area contributed by atoms with Crippen molar-refractivity contribution in [2.75, 3.05) is 24.5 Å². The minimum absolute atomic E-state index is 0.0496. The Balaban J connectivity index is 1.22. The Morgan fingerprint density at radius 2 is 1.61 bits per heavy atom. The van der Waals surface area contributed by atoms with Gasteiger partial charge in [-0.15, -0.1) is 0 Å². The van der Waals surface area contributed by atoms with Gasteiger partial charge in [-0.05, 0) is 61.0 Å². The fraction of sp³-hybridized carbons (Fsp3) is 0.385. The number of rotatable bonds is 5. The highest BCUT2D eigenvalue weighted by atomic mass is 16.1. The zero-order chi connectivity index (χ0) is 21.0. The molecular formula is C26H30N4O. The molecule has 0 amide bonds. The summed E-state index contributed by atoms with van der Waals surface area (Å²) in [6, 6.07) is 21.1. The van der Waals surface area contributed by atoms with Gasteiger partial charge in [0, 0.05) is 32.4 Å². The van der Waals surface area contributed by atoms with Crippen LogP contribution in [-0.4, -0.2) is 34.3 Å². The first-order valence-corrected chi connectivity index (χ1v) is 11.4. The molecule has 5 heteroatoms. The minimum atomic E-state index is 0.0496. The SMILES string of the molecule is O=c1c(N2CCc3ccccc3C2)ccnn1CC1CCN(Cc2ccccc2)CC1. The van der Waals surface area contributed by atoms with Crippen LogP contribution in [0.15, 0.2) is 71.7 Å². The van der Waals surface area contributed by atoms with Crippen molar-refractivity contribution in [2.24, 2.45) is 5.92 Å². The fourth-order valence-electron chi connectivity index (χ4n) is 4.93. The number of fused-ring (bicyclic) bond motifs is 1. The number of aromatic nitrogens is 2. The molecule has 0 radical (unpaired) electrons. The van der Waals surface area contributed by atoms with Gasteiger partial charge in [0.15, 0.2) is 0 Å². The average Bonchev–Trinajstić information content (AvgIpc) is 2.82. The van der Waals surface area contributed by atoms with E-state index in [0.717, 1.165) is 64.2 Å². The van der Waals surface area contributed by atoms with Gasteiger partial charge in [-0.3, -0.25) is 9.69 Å². The predicted molar refractivity (Wildman–Crippen MR) is 124 cm³/mol. The van der Waals surface area contributed by atoms with Crippen LogP contribution in [0, 0.1) is 5.92 Å². The van der Waals surface area contributed by atoms with E-state index in [1.807, 2.05) is 6.07 Å². The molecule has 3 aromatic rings. The first kappa shape index (κ1) is 20.0. The largest absolute Gasteiger partial charge is 0.362 e. The zero-order valence-corrected chi connectivity index (χ0v) is 18.0. The van der Waals surface area contributed by atoms with Gasteiger partial charge >= 0.3 is 0 Å². The summed E-state index contributed by atoms with van der Waals surface area (Å²) in [5.41, 5.74) is 4.92. The third kappa shape index (κ3) is 4.57. The summed E-state index contributed by atoms with van der Waals surface area (Å²) >= 11 is 0. The maximum absolute atomic E-state index is 13.2. The fourth-order valence-corrected chi connectivity index (χ4v) is 4.93. The maximum atomic E-state index is 13.2. The normalized spacial score (nSPS) is 17.5. The van der Waals surface area contributed by atoms with Gasteiger partial charge < -0.3 is 4.90 Å². The number of likely N-dealkylation sites (tertiary alicyclic amines) is 1. The van der Waals surface area contributed by atoms with Gasteiger partial charge in [-0.1, -0.05) is 54.6 Å². The van der Waals surface area contributed by atoms with Crippen LogP contribution in [0.25, 0.3) is 0 Å². The molecule has 2 aliphatic rings. The quantitative estimate of drug-likeness (QED) is 0.638. The standard InChI is InChI=1S/C26H30N4O/c31-26-25(29-17-13-23-8-4-5-9-24(23)20-29)10-14-27-30(26)19-22-11-15-28(16-12-22)18-21-6-2-1-3-7-21/h1-10,14,22H,11-13,15-20H2. The molecule has 2 aromatic carbocycles. The van der Waals surface area contributed by atoms with Crippen LogP contribution >= 0.6 is 0 Å². The lowest BCUT2D eigenvalue weighted by molar-refractivity contribution is 0.163. The summed E-state index contributed by atoms with van der Waals surface area (Å²) in [7, 11) is 0. The summed E-state index contributed by atoms with van der Waals surface area (Å²) in [5, 5.41) is 4.42. The van der Waals surface area contributed by atoms with E-state index in [1.165, 1.54) is 16.7 Å². The Kier molecular flexibility index (Phi) is 5.85. The van der Waals surface area contributed by atoms with Gasteiger partial charge in [0.25, 0.3) is 5.56 Å². The van der Waals surface area contributed by atoms with E-state index in [1.54, 1.807) is 10.9 Å². The molecule has 0 spiro atoms. The monoisotopic (exact) mass is 414 g/mol. The van der Waals surface area contributed by atoms with Crippen LogP contribution in [0.4, 0.5) is 5.69 Å². The second-order valence-electron chi connectivity index (χ2n) is 8.85. The van der Waals surface area contributed by atoms with E-state index in [9.17, 15) is 4.79 Å². The Morgan fingerprint density at radius 1 is 0.871 bits per heavy atom. The molecule has 0 saturated carbocycles. The first-order valence-electron chi connectivity index (χ1n) is 11.4. The third-order valence-electron chi connectivity index (χ3n) is 6.75. The van der Waals surface area contributed by atoms with Crippen LogP contribution in [0.3, 0.4) is 0 Å². The lowest BCUT2D eigenvalue weighted by Gasteiger charge is -2.32. The highest BCUT2D eigenvalue weighted by Gasteiger charge is 2.23. The molecule has 0 aliphatic carbocycles. The minimum Gasteiger partial charge on any atom is -0.362 e. The topological polar surface area (TPSA) is 41.4 Å². The second-order valence-corrected chi connectivity index (χ2v) is 8.85. The highest BCUT2D eigenvalue weighted by molar-refractivity contribution is 5.47. The Morgan fingerprint density at radius 3 is 2.42 bits per heavy atom. The van der Waals surface area contributed by atoms with Crippen molar-refractivity contribution >= 4 is 5.69 Å². The molecule has 0 bridgehead atoms. The van der Waals surface area contributed by atoms with Gasteiger partial charge in [0.05, 0.1) is 0 Å². The smallest absolute Gasteiger partial charge is 0.290 e. The van der Waals surface area contributed by atoms with Gasteiger partial charge in [-0.2, -0.15) is 5.10 Å². The molecule has 160 valence electrons. The lowest BCUT2D eigenvalue weighted by atomic mass is 9.96. The van der Waals surface area contributed by atoms with Crippen molar-refractivity contribution in [1.82, 2.24) is 14.7 Å². The van der Waals surface area contributed by atoms with Crippen LogP contribution in [0.2, 0.25) is 0 Å². The van der Waals surface area contributed by atoms with E-state index in [2.05, 4.69) is 69.5 Å². The van der Waals surface area contributed by atoms with Gasteiger partial charge in [-0.25, -0.2) is 4.68 Å². The number of nitrogens with zero attached hydrogens (tertiary/aromatic N) is 4. The summed E-state index contributed by atoms with van der Waals surface area (Å²) in [6.07, 6.45) is 5.00. The van der Waals surface area contributed by atoms with Crippen molar-refractivity contribution < 1.29 is 0 Å². The lowest BCUT2D eigenvalue weighted by Crippen LogP contribution is -2.39. The molecule has 1 aromatic heterocycles. The number of anilines is 1. The molecule has 3 heterocycles. The van der Waals surface area contributed by atoms with Crippen LogP contribution in [-0.2, 0) is 26.1 Å². The van der Waals surface area contributed by atoms with E-state index < -0.39 is 0 Å². The summed E-state index contributed by atoms with van der Waals surface area (Å²) < 4.78 is 1.70. The zero-order valence-electron chi connectivity index (χ0n) is 18.0. The summed E-state index contributed by atoms with van der Waals surface area (Å²) in [5.74, 6) is 0.509. The third-order valence-corrected chi connectivity index (χ3v) is 6.75. The van der Waals surface area contributed by atoms with Crippen molar-refractivity contribution in [1.29, 1.82) is 0 Å². The molecule has 31 heavy (non-hydrogen) atoms. The molecule has 5 rings (SSSR count). The summed E-state index contributed by atoms with van der Waals surface area (Å²) in [4.78, 5) is 17.9. The second kappa shape index (κ2) is 9.06. The average molecular weight is 415 g/mol. The van der Waals surface area contributed by atoms with Crippen LogP contribution < -0.4 is 10.5 Å². The highest BCUT2D eigenvalue weighted by Crippen LogP contribution is 2.23. The van der Waals surface area contributed by atoms with Gasteiger partial charge in [0.2, 0.25) is 0 Å². The van der Waals surface area contributed by atoms with E-state index >= 15 is 0 Å². The maximum Gasteiger partial charge on any atom is 0.290 e. The Labute approximate surface area is 183 Å². The Hall–Kier alpha value is -2.92. The van der Waals surface area contributed by atoms with Crippen LogP contribution in [0.1, 0.15) is 29.5 Å². The van der Waals surface area contributed by atoms with E-state index in [-0.39, 0.29) is 5.56 Å². The Bertz CT molecular complexity index is 1070. The molecule has 2 aliphatic heterocycles.